The third-order valence-electron chi connectivity index (χ3n) is 7.60. The van der Waals surface area contributed by atoms with Crippen LogP contribution in [0.1, 0.15) is 31.2 Å². The average molecular weight is 506 g/mol. The van der Waals surface area contributed by atoms with Crippen LogP contribution >= 0.6 is 11.8 Å². The van der Waals surface area contributed by atoms with Gasteiger partial charge in [-0.2, -0.15) is 0 Å². The van der Waals surface area contributed by atoms with E-state index in [-0.39, 0.29) is 6.10 Å². The molecule has 2 unspecified atom stereocenters. The van der Waals surface area contributed by atoms with Gasteiger partial charge in [0.05, 0.1) is 22.2 Å². The first kappa shape index (κ1) is 23.9. The van der Waals surface area contributed by atoms with Gasteiger partial charge < -0.3 is 9.64 Å². The number of benzene rings is 3. The predicted molar refractivity (Wildman–Crippen MR) is 155 cm³/mol. The summed E-state index contributed by atoms with van der Waals surface area (Å²) >= 11 is 1.87. The maximum atomic E-state index is 6.45. The van der Waals surface area contributed by atoms with Gasteiger partial charge in [-0.05, 0) is 79.1 Å². The van der Waals surface area contributed by atoms with Crippen LogP contribution in [0, 0.1) is 5.92 Å². The number of hydrogen-bond donors (Lipinski definition) is 0. The summed E-state index contributed by atoms with van der Waals surface area (Å²) in [7, 11) is 4.30. The smallest absolute Gasteiger partial charge is 0.212 e. The van der Waals surface area contributed by atoms with E-state index in [9.17, 15) is 0 Å². The maximum absolute atomic E-state index is 6.45. The van der Waals surface area contributed by atoms with E-state index in [1.807, 2.05) is 17.8 Å². The number of aryl methyl sites for hydroxylation is 1. The van der Waals surface area contributed by atoms with Gasteiger partial charge in [0.15, 0.2) is 6.20 Å². The lowest BCUT2D eigenvalue weighted by Crippen LogP contribution is -2.28. The zero-order valence-corrected chi connectivity index (χ0v) is 22.3. The number of rotatable bonds is 5. The van der Waals surface area contributed by atoms with E-state index >= 15 is 0 Å². The number of fused-ring (bicyclic) bond motifs is 2. The highest BCUT2D eigenvalue weighted by Gasteiger charge is 2.28. The van der Waals surface area contributed by atoms with Crippen molar-refractivity contribution in [2.24, 2.45) is 13.0 Å². The Bertz CT molecular complexity index is 1480. The molecule has 0 N–H and O–H groups in total. The highest BCUT2D eigenvalue weighted by molar-refractivity contribution is 8.03. The first-order valence-electron chi connectivity index (χ1n) is 13.2. The third-order valence-corrected chi connectivity index (χ3v) is 8.77. The molecule has 3 nitrogen and oxygen atoms in total. The number of para-hydroxylation sites is 3. The number of hydrogen-bond acceptors (Lipinski definition) is 3. The van der Waals surface area contributed by atoms with Crippen LogP contribution in [0.15, 0.2) is 113 Å². The molecule has 1 saturated carbocycles. The van der Waals surface area contributed by atoms with E-state index < -0.39 is 0 Å². The lowest BCUT2D eigenvalue weighted by atomic mass is 9.81. The van der Waals surface area contributed by atoms with E-state index in [2.05, 4.69) is 121 Å². The zero-order chi connectivity index (χ0) is 25.2. The summed E-state index contributed by atoms with van der Waals surface area (Å²) < 4.78 is 8.65. The number of aromatic nitrogens is 1. The minimum atomic E-state index is 0.236. The Balaban J connectivity index is 1.38. The van der Waals surface area contributed by atoms with Crippen LogP contribution in [-0.4, -0.2) is 13.2 Å². The quantitative estimate of drug-likeness (QED) is 0.258. The Morgan fingerprint density at radius 3 is 2.59 bits per heavy atom. The second-order valence-corrected chi connectivity index (χ2v) is 11.1. The van der Waals surface area contributed by atoms with Crippen molar-refractivity contribution in [3.63, 3.8) is 0 Å². The van der Waals surface area contributed by atoms with Gasteiger partial charge in [-0.15, -0.1) is 0 Å². The van der Waals surface area contributed by atoms with Gasteiger partial charge in [-0.3, -0.25) is 0 Å². The standard InChI is InChI=1S/C33H33N2OS/c1-34-20-19-25(29-15-6-7-16-30(29)34)21-26(23-33-35(2)31-17-8-9-18-32(31)37-33)24-11-10-14-28(22-24)36-27-12-4-3-5-13-27/h3-9,12-13,15-21,23-24,28H,10-11,14,22H2,1-2H3/q+1. The van der Waals surface area contributed by atoms with Crippen LogP contribution in [-0.2, 0) is 7.05 Å². The molecule has 37 heavy (non-hydrogen) atoms. The molecule has 4 aromatic rings. The molecule has 6 rings (SSSR count). The Hall–Kier alpha value is -3.50. The Morgan fingerprint density at radius 1 is 0.946 bits per heavy atom. The van der Waals surface area contributed by atoms with Crippen molar-refractivity contribution >= 4 is 34.4 Å². The van der Waals surface area contributed by atoms with Gasteiger partial charge in [-0.1, -0.05) is 60.3 Å². The Morgan fingerprint density at radius 2 is 1.73 bits per heavy atom. The molecule has 0 bridgehead atoms. The van der Waals surface area contributed by atoms with E-state index in [1.54, 1.807) is 0 Å². The number of ether oxygens (including phenoxy) is 1. The SMILES string of the molecule is CN1/C(=C\C(=C\c2cc[n+](C)c3ccccc23)C2CCCC(Oc3ccccc3)C2)Sc2ccccc21. The monoisotopic (exact) mass is 505 g/mol. The number of pyridine rings is 1. The largest absolute Gasteiger partial charge is 0.490 e. The van der Waals surface area contributed by atoms with E-state index in [1.165, 1.54) is 50.5 Å². The van der Waals surface area contributed by atoms with Crippen molar-refractivity contribution in [3.05, 3.63) is 113 Å². The molecule has 2 heterocycles. The molecular weight excluding hydrogens is 472 g/mol. The molecule has 0 saturated heterocycles. The Kier molecular flexibility index (Phi) is 6.75. The summed E-state index contributed by atoms with van der Waals surface area (Å²) in [6.45, 7) is 0. The van der Waals surface area contributed by atoms with E-state index in [0.29, 0.717) is 5.92 Å². The van der Waals surface area contributed by atoms with Crippen molar-refractivity contribution in [3.8, 4) is 5.75 Å². The van der Waals surface area contributed by atoms with Gasteiger partial charge in [0.25, 0.3) is 0 Å². The number of nitrogens with zero attached hydrogens (tertiary/aromatic N) is 2. The lowest BCUT2D eigenvalue weighted by molar-refractivity contribution is -0.644. The molecule has 186 valence electrons. The molecule has 3 aromatic carbocycles. The van der Waals surface area contributed by atoms with Gasteiger partial charge in [0.2, 0.25) is 5.52 Å². The topological polar surface area (TPSA) is 16.4 Å². The highest BCUT2D eigenvalue weighted by atomic mass is 32.2. The van der Waals surface area contributed by atoms with Crippen molar-refractivity contribution in [1.82, 2.24) is 0 Å². The van der Waals surface area contributed by atoms with E-state index in [0.717, 1.165) is 18.6 Å². The molecule has 2 aliphatic rings. The van der Waals surface area contributed by atoms with Crippen LogP contribution in [0.3, 0.4) is 0 Å². The summed E-state index contributed by atoms with van der Waals surface area (Å²) in [5.74, 6) is 1.42. The van der Waals surface area contributed by atoms with Crippen LogP contribution < -0.4 is 14.2 Å². The van der Waals surface area contributed by atoms with Crippen molar-refractivity contribution in [2.45, 2.75) is 36.7 Å². The first-order valence-corrected chi connectivity index (χ1v) is 14.0. The van der Waals surface area contributed by atoms with Gasteiger partial charge in [0, 0.05) is 24.1 Å². The summed E-state index contributed by atoms with van der Waals surface area (Å²) in [6, 6.07) is 29.9. The minimum absolute atomic E-state index is 0.236. The molecule has 1 aliphatic carbocycles. The molecule has 0 radical (unpaired) electrons. The average Bonchev–Trinajstić information content (AvgIpc) is 3.25. The van der Waals surface area contributed by atoms with Gasteiger partial charge in [-0.25, -0.2) is 4.57 Å². The van der Waals surface area contributed by atoms with Crippen LogP contribution in [0.2, 0.25) is 0 Å². The minimum Gasteiger partial charge on any atom is -0.490 e. The second kappa shape index (κ2) is 10.5. The number of anilines is 1. The number of thioether (sulfide) groups is 1. The van der Waals surface area contributed by atoms with Crippen LogP contribution in [0.5, 0.6) is 5.75 Å². The Labute approximate surface area is 224 Å². The van der Waals surface area contributed by atoms with Crippen molar-refractivity contribution < 1.29 is 9.30 Å². The lowest BCUT2D eigenvalue weighted by Gasteiger charge is -2.31. The fourth-order valence-electron chi connectivity index (χ4n) is 5.61. The second-order valence-electron chi connectivity index (χ2n) is 10.1. The fraction of sp³-hybridized carbons (Fsp3) is 0.242. The molecule has 0 spiro atoms. The summed E-state index contributed by atoms with van der Waals surface area (Å²) in [5.41, 5.74) is 5.19. The first-order chi connectivity index (χ1) is 18.2. The molecule has 1 aliphatic heterocycles. The normalized spacial score (nSPS) is 20.9. The molecule has 1 aromatic heterocycles. The summed E-state index contributed by atoms with van der Waals surface area (Å²) in [4.78, 5) is 3.65. The summed E-state index contributed by atoms with van der Waals surface area (Å²) in [6.07, 6.45) is 11.8. The molecular formula is C33H33N2OS+. The fourth-order valence-corrected chi connectivity index (χ4v) is 6.72. The predicted octanol–water partition coefficient (Wildman–Crippen LogP) is 7.77. The molecule has 1 fully saturated rings. The van der Waals surface area contributed by atoms with E-state index in [4.69, 9.17) is 4.74 Å². The van der Waals surface area contributed by atoms with Crippen molar-refractivity contribution in [2.75, 3.05) is 11.9 Å². The van der Waals surface area contributed by atoms with Crippen LogP contribution in [0.4, 0.5) is 5.69 Å². The van der Waals surface area contributed by atoms with Gasteiger partial charge >= 0.3 is 0 Å². The third kappa shape index (κ3) is 5.03. The zero-order valence-electron chi connectivity index (χ0n) is 21.5. The molecule has 2 atom stereocenters. The van der Waals surface area contributed by atoms with Crippen LogP contribution in [0.25, 0.3) is 17.0 Å². The van der Waals surface area contributed by atoms with Crippen molar-refractivity contribution in [1.29, 1.82) is 0 Å². The van der Waals surface area contributed by atoms with Gasteiger partial charge in [0.1, 0.15) is 12.8 Å². The molecule has 4 heteroatoms. The molecule has 0 amide bonds. The maximum Gasteiger partial charge on any atom is 0.212 e. The highest BCUT2D eigenvalue weighted by Crippen LogP contribution is 2.46. The number of allylic oxidation sites excluding steroid dienone is 2. The summed E-state index contributed by atoms with van der Waals surface area (Å²) in [5, 5.41) is 2.57.